The van der Waals surface area contributed by atoms with E-state index >= 15 is 0 Å². The number of allylic oxidation sites excluding steroid dienone is 2. The predicted octanol–water partition coefficient (Wildman–Crippen LogP) is 3.54. The molecule has 0 spiro atoms. The van der Waals surface area contributed by atoms with Crippen molar-refractivity contribution in [3.8, 4) is 0 Å². The second-order valence-electron chi connectivity index (χ2n) is 8.49. The van der Waals surface area contributed by atoms with Gasteiger partial charge in [-0.25, -0.2) is 0 Å². The van der Waals surface area contributed by atoms with Crippen molar-refractivity contribution >= 4 is 11.7 Å². The number of amides is 1. The van der Waals surface area contributed by atoms with Crippen LogP contribution in [0.3, 0.4) is 0 Å². The van der Waals surface area contributed by atoms with Crippen molar-refractivity contribution in [1.29, 1.82) is 0 Å². The number of hydrogen-bond acceptors (Lipinski definition) is 2. The Balaban J connectivity index is 1.73. The fourth-order valence-corrected chi connectivity index (χ4v) is 6.35. The highest BCUT2D eigenvalue weighted by Crippen LogP contribution is 2.63. The summed E-state index contributed by atoms with van der Waals surface area (Å²) in [5, 5.41) is 0. The average Bonchev–Trinajstić information content (AvgIpc) is 2.79. The molecule has 3 fully saturated rings. The minimum absolute atomic E-state index is 0.0563. The lowest BCUT2D eigenvalue weighted by Crippen LogP contribution is -2.53. The number of rotatable bonds is 0. The molecule has 22 heavy (non-hydrogen) atoms. The van der Waals surface area contributed by atoms with Crippen LogP contribution < -0.4 is 0 Å². The van der Waals surface area contributed by atoms with Gasteiger partial charge in [-0.05, 0) is 49.9 Å². The highest BCUT2D eigenvalue weighted by atomic mass is 16.2. The molecule has 3 aliphatic carbocycles. The van der Waals surface area contributed by atoms with Gasteiger partial charge in [-0.15, -0.1) is 0 Å². The Kier molecular flexibility index (Phi) is 2.93. The summed E-state index contributed by atoms with van der Waals surface area (Å²) in [4.78, 5) is 26.4. The molecule has 0 unspecified atom stereocenters. The fraction of sp³-hybridized carbons (Fsp3) is 0.789. The van der Waals surface area contributed by atoms with Gasteiger partial charge in [0.1, 0.15) is 5.78 Å². The maximum absolute atomic E-state index is 12.4. The first-order chi connectivity index (χ1) is 10.4. The summed E-state index contributed by atoms with van der Waals surface area (Å²) in [7, 11) is 1.94. The normalized spacial score (nSPS) is 47.7. The van der Waals surface area contributed by atoms with E-state index in [2.05, 4.69) is 19.9 Å². The first-order valence-corrected chi connectivity index (χ1v) is 8.88. The fourth-order valence-electron chi connectivity index (χ4n) is 6.35. The Morgan fingerprint density at radius 1 is 1.05 bits per heavy atom. The highest BCUT2D eigenvalue weighted by molar-refractivity contribution is 5.87. The lowest BCUT2D eigenvalue weighted by Gasteiger charge is -2.57. The van der Waals surface area contributed by atoms with Gasteiger partial charge in [-0.1, -0.05) is 19.9 Å². The first-order valence-electron chi connectivity index (χ1n) is 8.88. The van der Waals surface area contributed by atoms with Crippen molar-refractivity contribution in [2.24, 2.45) is 28.6 Å². The van der Waals surface area contributed by atoms with Gasteiger partial charge in [0.25, 0.3) is 0 Å². The quantitative estimate of drug-likeness (QED) is 0.686. The van der Waals surface area contributed by atoms with Crippen molar-refractivity contribution in [2.45, 2.75) is 58.8 Å². The van der Waals surface area contributed by atoms with Crippen molar-refractivity contribution in [3.63, 3.8) is 0 Å². The molecule has 4 rings (SSSR count). The summed E-state index contributed by atoms with van der Waals surface area (Å²) in [6.07, 6.45) is 9.13. The van der Waals surface area contributed by atoms with E-state index in [-0.39, 0.29) is 16.7 Å². The summed E-state index contributed by atoms with van der Waals surface area (Å²) >= 11 is 0. The maximum atomic E-state index is 12.4. The Morgan fingerprint density at radius 2 is 1.77 bits per heavy atom. The van der Waals surface area contributed by atoms with Crippen LogP contribution in [-0.4, -0.2) is 23.6 Å². The van der Waals surface area contributed by atoms with Gasteiger partial charge in [-0.2, -0.15) is 0 Å². The topological polar surface area (TPSA) is 37.4 Å². The minimum atomic E-state index is -0.0563. The predicted molar refractivity (Wildman–Crippen MR) is 84.9 cm³/mol. The molecule has 5 atom stereocenters. The van der Waals surface area contributed by atoms with Crippen molar-refractivity contribution < 1.29 is 9.59 Å². The highest BCUT2D eigenvalue weighted by Gasteiger charge is 2.59. The zero-order valence-electron chi connectivity index (χ0n) is 14.0. The molecule has 120 valence electrons. The number of likely N-dealkylation sites (tertiary alicyclic amines) is 1. The summed E-state index contributed by atoms with van der Waals surface area (Å²) in [5.74, 6) is 2.62. The van der Waals surface area contributed by atoms with Crippen LogP contribution in [0.5, 0.6) is 0 Å². The summed E-state index contributed by atoms with van der Waals surface area (Å²) in [5.41, 5.74) is 1.34. The molecule has 3 nitrogen and oxygen atoms in total. The molecule has 0 aromatic rings. The second kappa shape index (κ2) is 4.46. The molecule has 2 saturated carbocycles. The van der Waals surface area contributed by atoms with Crippen LogP contribution in [0.25, 0.3) is 0 Å². The smallest absolute Gasteiger partial charge is 0.226 e. The van der Waals surface area contributed by atoms with Crippen molar-refractivity contribution in [1.82, 2.24) is 4.90 Å². The largest absolute Gasteiger partial charge is 0.319 e. The molecule has 1 saturated heterocycles. The van der Waals surface area contributed by atoms with Gasteiger partial charge in [0.2, 0.25) is 5.91 Å². The third-order valence-corrected chi connectivity index (χ3v) is 7.73. The van der Waals surface area contributed by atoms with E-state index in [1.807, 2.05) is 11.9 Å². The van der Waals surface area contributed by atoms with Gasteiger partial charge in [-0.3, -0.25) is 9.59 Å². The van der Waals surface area contributed by atoms with Crippen LogP contribution in [0.1, 0.15) is 58.8 Å². The SMILES string of the molecule is CN1C(=O)CC[C@@]2(C)C1=CC[C@@H]1[C@H]2CC[C@]2(C)C(=O)CC[C@@H]12. The van der Waals surface area contributed by atoms with Gasteiger partial charge >= 0.3 is 0 Å². The molecule has 1 aliphatic heterocycles. The molecular formula is C19H27NO2. The number of carbonyl (C=O) groups is 2. The summed E-state index contributed by atoms with van der Waals surface area (Å²) in [6.45, 7) is 4.60. The molecule has 1 amide bonds. The van der Waals surface area contributed by atoms with Crippen LogP contribution in [0.2, 0.25) is 0 Å². The van der Waals surface area contributed by atoms with Gasteiger partial charge in [0.15, 0.2) is 0 Å². The monoisotopic (exact) mass is 301 g/mol. The molecule has 0 N–H and O–H groups in total. The maximum Gasteiger partial charge on any atom is 0.226 e. The number of Topliss-reactive ketones (excluding diaryl/α,β-unsaturated/α-hetero) is 1. The van der Waals surface area contributed by atoms with E-state index in [4.69, 9.17) is 0 Å². The average molecular weight is 301 g/mol. The van der Waals surface area contributed by atoms with E-state index in [0.29, 0.717) is 30.0 Å². The number of fused-ring (bicyclic) bond motifs is 5. The standard InChI is InChI=1S/C19H27NO2/c1-18-11-9-17(22)20(3)15(18)6-4-12-13-5-7-16(21)19(13,2)10-8-14(12)18/h6,12-14H,4-5,7-11H2,1-3H3/t12-,13-,14+,18+,19-/m0/s1. The van der Waals surface area contributed by atoms with Crippen LogP contribution in [0, 0.1) is 28.6 Å². The van der Waals surface area contributed by atoms with Crippen LogP contribution >= 0.6 is 0 Å². The first kappa shape index (κ1) is 14.5. The van der Waals surface area contributed by atoms with E-state index < -0.39 is 0 Å². The molecule has 0 aromatic heterocycles. The Labute approximate surface area is 133 Å². The third-order valence-electron chi connectivity index (χ3n) is 7.73. The molecular weight excluding hydrogens is 274 g/mol. The second-order valence-corrected chi connectivity index (χ2v) is 8.49. The van der Waals surface area contributed by atoms with Crippen LogP contribution in [-0.2, 0) is 9.59 Å². The lowest BCUT2D eigenvalue weighted by atomic mass is 9.50. The number of ketones is 1. The van der Waals surface area contributed by atoms with Gasteiger partial charge < -0.3 is 4.90 Å². The van der Waals surface area contributed by atoms with Crippen LogP contribution in [0.4, 0.5) is 0 Å². The summed E-state index contributed by atoms with van der Waals surface area (Å²) < 4.78 is 0. The molecule has 3 heteroatoms. The van der Waals surface area contributed by atoms with Crippen LogP contribution in [0.15, 0.2) is 11.8 Å². The van der Waals surface area contributed by atoms with E-state index in [9.17, 15) is 9.59 Å². The number of carbonyl (C=O) groups excluding carboxylic acids is 2. The minimum Gasteiger partial charge on any atom is -0.319 e. The number of hydrogen-bond donors (Lipinski definition) is 0. The Hall–Kier alpha value is -1.12. The molecule has 0 bridgehead atoms. The number of nitrogens with zero attached hydrogens (tertiary/aromatic N) is 1. The molecule has 0 aromatic carbocycles. The van der Waals surface area contributed by atoms with E-state index in [0.717, 1.165) is 38.5 Å². The van der Waals surface area contributed by atoms with Crippen molar-refractivity contribution in [3.05, 3.63) is 11.8 Å². The summed E-state index contributed by atoms with van der Waals surface area (Å²) in [6, 6.07) is 0. The van der Waals surface area contributed by atoms with Crippen molar-refractivity contribution in [2.75, 3.05) is 7.05 Å². The van der Waals surface area contributed by atoms with E-state index in [1.165, 1.54) is 5.70 Å². The zero-order valence-corrected chi connectivity index (χ0v) is 14.0. The van der Waals surface area contributed by atoms with Gasteiger partial charge in [0.05, 0.1) is 0 Å². The Morgan fingerprint density at radius 3 is 2.55 bits per heavy atom. The zero-order chi connectivity index (χ0) is 15.7. The molecule has 1 heterocycles. The molecule has 4 aliphatic rings. The van der Waals surface area contributed by atoms with Gasteiger partial charge in [0, 0.05) is 36.4 Å². The van der Waals surface area contributed by atoms with E-state index in [1.54, 1.807) is 0 Å². The Bertz CT molecular complexity index is 580. The molecule has 0 radical (unpaired) electrons. The number of piperidine rings is 1. The lowest BCUT2D eigenvalue weighted by molar-refractivity contribution is -0.137. The third kappa shape index (κ3) is 1.63.